The molecular weight excluding hydrogens is 450 g/mol. The minimum absolute atomic E-state index is 0.00135. The fraction of sp³-hybridized carbons (Fsp3) is 0.741. The Morgan fingerprint density at radius 3 is 2.53 bits per heavy atom. The second-order valence-electron chi connectivity index (χ2n) is 11.1. The van der Waals surface area contributed by atoms with Crippen molar-refractivity contribution in [2.45, 2.75) is 98.4 Å². The lowest BCUT2D eigenvalue weighted by Gasteiger charge is -2.34. The van der Waals surface area contributed by atoms with Gasteiger partial charge in [-0.15, -0.1) is 11.3 Å². The molecule has 2 heterocycles. The van der Waals surface area contributed by atoms with E-state index in [-0.39, 0.29) is 24.2 Å². The molecule has 7 atom stereocenters. The summed E-state index contributed by atoms with van der Waals surface area (Å²) in [6, 6.07) is 0. The molecule has 2 N–H and O–H groups in total. The largest absolute Gasteiger partial charge is 0.458 e. The van der Waals surface area contributed by atoms with E-state index in [4.69, 9.17) is 4.74 Å². The van der Waals surface area contributed by atoms with Gasteiger partial charge in [0.1, 0.15) is 11.9 Å². The lowest BCUT2D eigenvalue weighted by atomic mass is 9.73. The van der Waals surface area contributed by atoms with E-state index in [9.17, 15) is 19.8 Å². The Balaban J connectivity index is 1.81. The highest BCUT2D eigenvalue weighted by atomic mass is 32.1. The molecule has 3 rings (SSSR count). The predicted octanol–water partition coefficient (Wildman–Crippen LogP) is 4.96. The number of carbonyl (C=O) groups is 2. The number of Topliss-reactive ketones (excluding diaryl/α,β-unsaturated/α-hetero) is 1. The van der Waals surface area contributed by atoms with Crippen molar-refractivity contribution < 1.29 is 24.5 Å². The number of aromatic nitrogens is 1. The first-order chi connectivity index (χ1) is 15.9. The Morgan fingerprint density at radius 2 is 1.88 bits per heavy atom. The van der Waals surface area contributed by atoms with E-state index in [0.29, 0.717) is 11.8 Å². The van der Waals surface area contributed by atoms with E-state index in [1.54, 1.807) is 32.1 Å². The van der Waals surface area contributed by atoms with Gasteiger partial charge in [-0.3, -0.25) is 9.59 Å². The Labute approximate surface area is 207 Å². The second kappa shape index (κ2) is 11.0. The first-order valence-corrected chi connectivity index (χ1v) is 13.5. The lowest BCUT2D eigenvalue weighted by molar-refractivity contribution is -0.154. The summed E-state index contributed by atoms with van der Waals surface area (Å²) in [5, 5.41) is 24.6. The SMILES string of the molecule is C/C(=C\c1csc(C)n1)[C@H]1C[C@@H]2C[C@@H]2CCC[C@H](C)[C@H](O)[C@@H](C)C(=O)C(C)(C)[C@@H](O)CC(=O)O1. The zero-order valence-electron chi connectivity index (χ0n) is 21.4. The van der Waals surface area contributed by atoms with Gasteiger partial charge >= 0.3 is 5.97 Å². The molecule has 2 aliphatic rings. The van der Waals surface area contributed by atoms with Gasteiger partial charge in [-0.05, 0) is 62.5 Å². The summed E-state index contributed by atoms with van der Waals surface area (Å²) in [7, 11) is 0. The first-order valence-electron chi connectivity index (χ1n) is 12.6. The standard InChI is InChI=1S/C27H41NO5S/c1-15-8-7-9-19-11-20(19)12-22(16(2)10-21-14-34-18(4)28-21)33-24(30)13-23(29)27(5,6)26(32)17(3)25(15)31/h10,14-15,17,19-20,22-23,25,29,31H,7-9,11-13H2,1-6H3/b16-10+/t15-,17+,19-,20-,22+,23-,25-/m0/s1. The number of esters is 1. The zero-order valence-corrected chi connectivity index (χ0v) is 22.2. The summed E-state index contributed by atoms with van der Waals surface area (Å²) in [6.45, 7) is 10.9. The van der Waals surface area contributed by atoms with Crippen molar-refractivity contribution in [3.63, 3.8) is 0 Å². The quantitative estimate of drug-likeness (QED) is 0.568. The van der Waals surface area contributed by atoms with Crippen molar-refractivity contribution in [1.29, 1.82) is 0 Å². The fourth-order valence-corrected chi connectivity index (χ4v) is 5.79. The van der Waals surface area contributed by atoms with Crippen molar-refractivity contribution >= 4 is 29.2 Å². The Kier molecular flexibility index (Phi) is 8.75. The van der Waals surface area contributed by atoms with Crippen LogP contribution in [0.2, 0.25) is 0 Å². The number of ether oxygens (including phenoxy) is 1. The normalized spacial score (nSPS) is 36.0. The average Bonchev–Trinajstić information content (AvgIpc) is 3.38. The molecule has 2 fully saturated rings. The van der Waals surface area contributed by atoms with Crippen LogP contribution in [0.15, 0.2) is 11.0 Å². The number of carbonyl (C=O) groups excluding carboxylic acids is 2. The molecule has 1 aromatic heterocycles. The van der Waals surface area contributed by atoms with Crippen molar-refractivity contribution in [2.24, 2.45) is 29.1 Å². The van der Waals surface area contributed by atoms with Gasteiger partial charge in [-0.25, -0.2) is 4.98 Å². The van der Waals surface area contributed by atoms with Gasteiger partial charge in [0.25, 0.3) is 0 Å². The van der Waals surface area contributed by atoms with Crippen molar-refractivity contribution in [2.75, 3.05) is 0 Å². The van der Waals surface area contributed by atoms with Crippen LogP contribution in [0.5, 0.6) is 0 Å². The molecule has 1 aliphatic carbocycles. The number of aliphatic hydroxyl groups is 2. The molecule has 0 bridgehead atoms. The third kappa shape index (κ3) is 6.55. The molecule has 0 aromatic carbocycles. The second-order valence-corrected chi connectivity index (χ2v) is 12.2. The zero-order chi connectivity index (χ0) is 25.2. The van der Waals surface area contributed by atoms with Crippen molar-refractivity contribution in [3.8, 4) is 0 Å². The predicted molar refractivity (Wildman–Crippen MR) is 134 cm³/mol. The van der Waals surface area contributed by atoms with Crippen LogP contribution in [-0.4, -0.2) is 45.3 Å². The van der Waals surface area contributed by atoms with Gasteiger partial charge < -0.3 is 14.9 Å². The minimum atomic E-state index is -1.19. The molecule has 1 aliphatic heterocycles. The van der Waals surface area contributed by atoms with Crippen molar-refractivity contribution in [1.82, 2.24) is 4.98 Å². The maximum atomic E-state index is 13.2. The number of ketones is 1. The Bertz CT molecular complexity index is 907. The van der Waals surface area contributed by atoms with E-state index in [0.717, 1.165) is 48.4 Å². The van der Waals surface area contributed by atoms with Gasteiger partial charge in [0.05, 0.1) is 34.7 Å². The number of nitrogens with zero attached hydrogens (tertiary/aromatic N) is 1. The molecule has 1 aromatic rings. The minimum Gasteiger partial charge on any atom is -0.458 e. The maximum absolute atomic E-state index is 13.2. The van der Waals surface area contributed by atoms with Gasteiger partial charge in [0.15, 0.2) is 0 Å². The molecule has 1 saturated carbocycles. The molecular formula is C27H41NO5S. The van der Waals surface area contributed by atoms with Crippen LogP contribution in [0.3, 0.4) is 0 Å². The summed E-state index contributed by atoms with van der Waals surface area (Å²) < 4.78 is 5.90. The third-order valence-corrected chi connectivity index (χ3v) is 8.74. The van der Waals surface area contributed by atoms with Crippen molar-refractivity contribution in [3.05, 3.63) is 21.7 Å². The number of cyclic esters (lactones) is 1. The summed E-state index contributed by atoms with van der Waals surface area (Å²) in [4.78, 5) is 30.6. The van der Waals surface area contributed by atoms with Gasteiger partial charge in [0.2, 0.25) is 0 Å². The third-order valence-electron chi connectivity index (χ3n) is 7.95. The van der Waals surface area contributed by atoms with Crippen LogP contribution in [0, 0.1) is 36.0 Å². The smallest absolute Gasteiger partial charge is 0.309 e. The number of hydrogen-bond donors (Lipinski definition) is 2. The summed E-state index contributed by atoms with van der Waals surface area (Å²) >= 11 is 1.58. The lowest BCUT2D eigenvalue weighted by Crippen LogP contribution is -2.45. The molecule has 0 unspecified atom stereocenters. The van der Waals surface area contributed by atoms with Crippen LogP contribution < -0.4 is 0 Å². The highest BCUT2D eigenvalue weighted by Crippen LogP contribution is 2.47. The van der Waals surface area contributed by atoms with E-state index in [1.165, 1.54) is 0 Å². The molecule has 7 heteroatoms. The van der Waals surface area contributed by atoms with Crippen LogP contribution in [-0.2, 0) is 14.3 Å². The van der Waals surface area contributed by atoms with Crippen LogP contribution in [0.1, 0.15) is 83.8 Å². The Morgan fingerprint density at radius 1 is 1.18 bits per heavy atom. The molecule has 6 nitrogen and oxygen atoms in total. The monoisotopic (exact) mass is 491 g/mol. The summed E-state index contributed by atoms with van der Waals surface area (Å²) in [5.74, 6) is -0.234. The average molecular weight is 492 g/mol. The highest BCUT2D eigenvalue weighted by Gasteiger charge is 2.43. The number of aryl methyl sites for hydroxylation is 1. The molecule has 0 radical (unpaired) electrons. The molecule has 0 spiro atoms. The van der Waals surface area contributed by atoms with Gasteiger partial charge in [-0.2, -0.15) is 0 Å². The molecule has 0 amide bonds. The summed E-state index contributed by atoms with van der Waals surface area (Å²) in [6.07, 6.45) is 4.23. The maximum Gasteiger partial charge on any atom is 0.309 e. The number of aliphatic hydroxyl groups excluding tert-OH is 2. The van der Waals surface area contributed by atoms with Crippen LogP contribution >= 0.6 is 11.3 Å². The van der Waals surface area contributed by atoms with E-state index in [2.05, 4.69) is 4.98 Å². The van der Waals surface area contributed by atoms with E-state index in [1.807, 2.05) is 32.2 Å². The van der Waals surface area contributed by atoms with E-state index < -0.39 is 29.5 Å². The molecule has 1 saturated heterocycles. The fourth-order valence-electron chi connectivity index (χ4n) is 5.22. The Hall–Kier alpha value is -1.57. The molecule has 34 heavy (non-hydrogen) atoms. The molecule has 190 valence electrons. The van der Waals surface area contributed by atoms with Gasteiger partial charge in [0, 0.05) is 11.3 Å². The number of thiazole rings is 1. The van der Waals surface area contributed by atoms with E-state index >= 15 is 0 Å². The van der Waals surface area contributed by atoms with Gasteiger partial charge in [-0.1, -0.05) is 40.5 Å². The number of hydrogen-bond acceptors (Lipinski definition) is 7. The van der Waals surface area contributed by atoms with Crippen LogP contribution in [0.25, 0.3) is 6.08 Å². The number of fused-ring (bicyclic) bond motifs is 1. The topological polar surface area (TPSA) is 96.7 Å². The van der Waals surface area contributed by atoms with Crippen LogP contribution in [0.4, 0.5) is 0 Å². The summed E-state index contributed by atoms with van der Waals surface area (Å²) in [5.41, 5.74) is 0.639. The number of rotatable bonds is 2. The highest BCUT2D eigenvalue weighted by molar-refractivity contribution is 7.09. The first kappa shape index (κ1) is 27.0.